The predicted molar refractivity (Wildman–Crippen MR) is 106 cm³/mol. The minimum Gasteiger partial charge on any atom is -0.268 e. The minimum absolute atomic E-state index is 0.0522. The first-order chi connectivity index (χ1) is 14.0. The van der Waals surface area contributed by atoms with Crippen LogP contribution in [0.1, 0.15) is 16.3 Å². The molecule has 3 rings (SSSR count). The molecule has 0 amide bonds. The molecule has 0 aliphatic rings. The van der Waals surface area contributed by atoms with Gasteiger partial charge in [-0.3, -0.25) is 4.79 Å². The molecule has 1 aromatic carbocycles. The van der Waals surface area contributed by atoms with E-state index in [9.17, 15) is 26.4 Å². The van der Waals surface area contributed by atoms with Crippen LogP contribution in [0.4, 0.5) is 13.2 Å². The Kier molecular flexibility index (Phi) is 6.11. The molecule has 0 bridgehead atoms. The van der Waals surface area contributed by atoms with Gasteiger partial charge in [-0.05, 0) is 44.2 Å². The highest BCUT2D eigenvalue weighted by atomic mass is 32.2. The largest absolute Gasteiger partial charge is 0.416 e. The molecule has 0 saturated heterocycles. The van der Waals surface area contributed by atoms with Crippen LogP contribution in [-0.4, -0.2) is 29.7 Å². The molecule has 160 valence electrons. The van der Waals surface area contributed by atoms with Crippen molar-refractivity contribution >= 4 is 21.4 Å². The Balaban J connectivity index is 1.72. The summed E-state index contributed by atoms with van der Waals surface area (Å²) in [4.78, 5) is 16.9. The zero-order valence-electron chi connectivity index (χ0n) is 15.9. The van der Waals surface area contributed by atoms with Crippen molar-refractivity contribution < 1.29 is 21.6 Å². The zero-order chi connectivity index (χ0) is 22.1. The average Bonchev–Trinajstić information content (AvgIpc) is 3.01. The number of aromatic nitrogens is 3. The summed E-state index contributed by atoms with van der Waals surface area (Å²) in [6.45, 7) is 3.46. The first-order valence-corrected chi connectivity index (χ1v) is 11.0. The van der Waals surface area contributed by atoms with E-state index in [1.807, 2.05) is 13.8 Å². The van der Waals surface area contributed by atoms with E-state index >= 15 is 0 Å². The molecular formula is C18H17F3N4O3S2. The molecule has 0 atom stereocenters. The molecule has 1 N–H and O–H groups in total. The third-order valence-corrected chi connectivity index (χ3v) is 6.68. The van der Waals surface area contributed by atoms with Crippen molar-refractivity contribution in [1.82, 2.24) is 19.5 Å². The Hall–Kier alpha value is -2.57. The Labute approximate surface area is 174 Å². The number of sulfonamides is 1. The number of hydrogen-bond donors (Lipinski definition) is 1. The van der Waals surface area contributed by atoms with Gasteiger partial charge in [0.2, 0.25) is 10.0 Å². The number of benzene rings is 1. The van der Waals surface area contributed by atoms with Crippen LogP contribution in [-0.2, 0) is 22.7 Å². The summed E-state index contributed by atoms with van der Waals surface area (Å²) in [7, 11) is -4.04. The Morgan fingerprint density at radius 1 is 1.10 bits per heavy atom. The van der Waals surface area contributed by atoms with E-state index < -0.39 is 27.3 Å². The van der Waals surface area contributed by atoms with E-state index in [4.69, 9.17) is 0 Å². The number of thiazole rings is 1. The zero-order valence-corrected chi connectivity index (χ0v) is 17.5. The minimum atomic E-state index is -4.55. The van der Waals surface area contributed by atoms with E-state index in [-0.39, 0.29) is 18.0 Å². The number of nitrogens with zero attached hydrogens (tertiary/aromatic N) is 3. The highest BCUT2D eigenvalue weighted by molar-refractivity contribution is 7.89. The van der Waals surface area contributed by atoms with Crippen molar-refractivity contribution in [2.24, 2.45) is 0 Å². The summed E-state index contributed by atoms with van der Waals surface area (Å²) in [5, 5.41) is 5.12. The summed E-state index contributed by atoms with van der Waals surface area (Å²) in [6.07, 6.45) is -4.55. The fourth-order valence-corrected chi connectivity index (χ4v) is 4.60. The van der Waals surface area contributed by atoms with E-state index in [0.717, 1.165) is 32.4 Å². The van der Waals surface area contributed by atoms with Gasteiger partial charge in [0.25, 0.3) is 5.56 Å². The molecular weight excluding hydrogens is 441 g/mol. The number of rotatable bonds is 6. The second kappa shape index (κ2) is 8.28. The molecule has 0 fully saturated rings. The lowest BCUT2D eigenvalue weighted by molar-refractivity contribution is -0.137. The average molecular weight is 458 g/mol. The second-order valence-electron chi connectivity index (χ2n) is 6.35. The molecule has 0 radical (unpaired) electrons. The van der Waals surface area contributed by atoms with Crippen molar-refractivity contribution in [2.45, 2.75) is 31.5 Å². The summed E-state index contributed by atoms with van der Waals surface area (Å²) in [5.41, 5.74) is -0.0320. The van der Waals surface area contributed by atoms with Crippen LogP contribution in [0, 0.1) is 13.8 Å². The predicted octanol–water partition coefficient (Wildman–Crippen LogP) is 2.98. The molecule has 30 heavy (non-hydrogen) atoms. The Morgan fingerprint density at radius 2 is 1.77 bits per heavy atom. The maximum Gasteiger partial charge on any atom is 0.416 e. The lowest BCUT2D eigenvalue weighted by Gasteiger charge is -2.10. The van der Waals surface area contributed by atoms with Crippen LogP contribution in [0.3, 0.4) is 0 Å². The maximum absolute atomic E-state index is 12.6. The van der Waals surface area contributed by atoms with E-state index in [1.54, 1.807) is 6.07 Å². The van der Waals surface area contributed by atoms with Crippen LogP contribution in [0.2, 0.25) is 0 Å². The molecule has 0 unspecified atom stereocenters. The SMILES string of the molecule is Cc1nc(C)c(-c2ccc(=O)n(CCNS(=O)(=O)c3ccc(C(F)(F)F)cc3)n2)s1. The number of alkyl halides is 3. The lowest BCUT2D eigenvalue weighted by Crippen LogP contribution is -2.32. The first-order valence-electron chi connectivity index (χ1n) is 8.67. The highest BCUT2D eigenvalue weighted by Crippen LogP contribution is 2.30. The molecule has 0 spiro atoms. The maximum atomic E-state index is 12.6. The van der Waals surface area contributed by atoms with Crippen molar-refractivity contribution in [3.63, 3.8) is 0 Å². The topological polar surface area (TPSA) is 94.0 Å². The number of halogens is 3. The summed E-state index contributed by atoms with van der Waals surface area (Å²) in [6, 6.07) is 6.06. The molecule has 3 aromatic rings. The van der Waals surface area contributed by atoms with Gasteiger partial charge in [0.05, 0.1) is 32.6 Å². The van der Waals surface area contributed by atoms with Crippen LogP contribution in [0.5, 0.6) is 0 Å². The molecule has 2 heterocycles. The molecule has 12 heteroatoms. The standard InChI is InChI=1S/C18H17F3N4O3S2/c1-11-17(29-12(2)23-11)15-7-8-16(26)25(24-15)10-9-22-30(27,28)14-5-3-13(4-6-14)18(19,20)21/h3-8,22H,9-10H2,1-2H3. The van der Waals surface area contributed by atoms with Crippen molar-refractivity contribution in [2.75, 3.05) is 6.54 Å². The Bertz CT molecular complexity index is 1220. The number of nitrogens with one attached hydrogen (secondary N) is 1. The summed E-state index contributed by atoms with van der Waals surface area (Å²) in [5.74, 6) is 0. The molecule has 2 aromatic heterocycles. The van der Waals surface area contributed by atoms with E-state index in [0.29, 0.717) is 17.8 Å². The summed E-state index contributed by atoms with van der Waals surface area (Å²) < 4.78 is 65.8. The first kappa shape index (κ1) is 22.1. The molecule has 0 aliphatic carbocycles. The summed E-state index contributed by atoms with van der Waals surface area (Å²) >= 11 is 1.43. The van der Waals surface area contributed by atoms with Gasteiger partial charge in [-0.15, -0.1) is 11.3 Å². The van der Waals surface area contributed by atoms with Gasteiger partial charge in [0.15, 0.2) is 0 Å². The molecule has 7 nitrogen and oxygen atoms in total. The van der Waals surface area contributed by atoms with Gasteiger partial charge < -0.3 is 0 Å². The highest BCUT2D eigenvalue weighted by Gasteiger charge is 2.30. The third-order valence-electron chi connectivity index (χ3n) is 4.11. The molecule has 0 saturated carbocycles. The van der Waals surface area contributed by atoms with Gasteiger partial charge >= 0.3 is 6.18 Å². The number of aryl methyl sites for hydroxylation is 2. The van der Waals surface area contributed by atoms with E-state index in [1.165, 1.54) is 17.4 Å². The van der Waals surface area contributed by atoms with Gasteiger partial charge in [0, 0.05) is 12.6 Å². The Morgan fingerprint density at radius 3 is 2.33 bits per heavy atom. The smallest absolute Gasteiger partial charge is 0.268 e. The van der Waals surface area contributed by atoms with Gasteiger partial charge in [-0.25, -0.2) is 22.8 Å². The van der Waals surface area contributed by atoms with Crippen LogP contribution in [0.25, 0.3) is 10.6 Å². The fraction of sp³-hybridized carbons (Fsp3) is 0.278. The van der Waals surface area contributed by atoms with Gasteiger partial charge in [-0.1, -0.05) is 0 Å². The quantitative estimate of drug-likeness (QED) is 0.613. The normalized spacial score (nSPS) is 12.3. The van der Waals surface area contributed by atoms with Crippen molar-refractivity contribution in [3.05, 3.63) is 63.0 Å². The fourth-order valence-electron chi connectivity index (χ4n) is 2.69. The lowest BCUT2D eigenvalue weighted by atomic mass is 10.2. The van der Waals surface area contributed by atoms with Crippen LogP contribution < -0.4 is 10.3 Å². The second-order valence-corrected chi connectivity index (χ2v) is 9.32. The van der Waals surface area contributed by atoms with Gasteiger partial charge in [-0.2, -0.15) is 18.3 Å². The van der Waals surface area contributed by atoms with E-state index in [2.05, 4.69) is 14.8 Å². The monoisotopic (exact) mass is 458 g/mol. The van der Waals surface area contributed by atoms with Crippen LogP contribution in [0.15, 0.2) is 46.1 Å². The third kappa shape index (κ3) is 4.94. The van der Waals surface area contributed by atoms with Crippen molar-refractivity contribution in [1.29, 1.82) is 0 Å². The number of hydrogen-bond acceptors (Lipinski definition) is 6. The molecule has 0 aliphatic heterocycles. The van der Waals surface area contributed by atoms with Crippen molar-refractivity contribution in [3.8, 4) is 10.6 Å². The van der Waals surface area contributed by atoms with Crippen LogP contribution >= 0.6 is 11.3 Å². The van der Waals surface area contributed by atoms with Gasteiger partial charge in [0.1, 0.15) is 5.69 Å².